The summed E-state index contributed by atoms with van der Waals surface area (Å²) < 4.78 is 90.7. The Bertz CT molecular complexity index is 1120. The van der Waals surface area contributed by atoms with E-state index in [1.54, 1.807) is 31.2 Å². The molecule has 1 heterocycles. The third-order valence-corrected chi connectivity index (χ3v) is 5.93. The fourth-order valence-corrected chi connectivity index (χ4v) is 3.63. The van der Waals surface area contributed by atoms with Gasteiger partial charge in [0.25, 0.3) is 0 Å². The molecule has 236 valence electrons. The van der Waals surface area contributed by atoms with Crippen molar-refractivity contribution in [3.8, 4) is 5.75 Å². The summed E-state index contributed by atoms with van der Waals surface area (Å²) in [6.45, 7) is -3.00. The summed E-state index contributed by atoms with van der Waals surface area (Å²) in [5.74, 6) is -0.652. The fraction of sp³-hybridized carbons (Fsp3) is 0.759. The molecule has 1 saturated heterocycles. The monoisotopic (exact) mass is 593 g/mol. The van der Waals surface area contributed by atoms with Crippen LogP contribution in [0.15, 0.2) is 24.3 Å². The first-order chi connectivity index (χ1) is 22.9. The zero-order valence-corrected chi connectivity index (χ0v) is 23.8. The number of hydrogen-bond acceptors (Lipinski definition) is 11. The van der Waals surface area contributed by atoms with Gasteiger partial charge < -0.3 is 55.0 Å². The van der Waals surface area contributed by atoms with E-state index in [1.165, 1.54) is 7.05 Å². The number of rotatable bonds is 23. The molecule has 0 aliphatic carbocycles. The molecular formula is C29H51N3O9. The second-order valence-corrected chi connectivity index (χ2v) is 9.12. The van der Waals surface area contributed by atoms with Crippen LogP contribution in [-0.2, 0) is 23.7 Å². The molecular weight excluding hydrogens is 534 g/mol. The maximum atomic E-state index is 12.4. The molecule has 6 N–H and O–H groups in total. The van der Waals surface area contributed by atoms with Gasteiger partial charge in [-0.2, -0.15) is 0 Å². The predicted molar refractivity (Wildman–Crippen MR) is 155 cm³/mol. The number of amides is 1. The van der Waals surface area contributed by atoms with E-state index in [-0.39, 0.29) is 65.4 Å². The number of hydrogen-bond donors (Lipinski definition) is 6. The smallest absolute Gasteiger partial charge is 0.225 e. The SMILES string of the molecule is [2H]C([2H])(CCOCCOCCOCCC([2H])([2H])C([2H])([2H])NCCC(=O)Nc1ccc(OC2OC(CO)C(O)C(O)C2C)cc1)C([2H])([2H])NC. The zero-order valence-electron chi connectivity index (χ0n) is 31.8. The maximum absolute atomic E-state index is 12.4. The van der Waals surface area contributed by atoms with Crippen LogP contribution in [0.2, 0.25) is 0 Å². The first kappa shape index (κ1) is 24.6. The van der Waals surface area contributed by atoms with Crippen molar-refractivity contribution in [2.75, 3.05) is 78.2 Å². The normalized spacial score (nSPS) is 26.8. The summed E-state index contributed by atoms with van der Waals surface area (Å²) >= 11 is 0. The summed E-state index contributed by atoms with van der Waals surface area (Å²) in [5.41, 5.74) is 0.431. The number of benzene rings is 1. The van der Waals surface area contributed by atoms with Crippen molar-refractivity contribution in [2.45, 2.75) is 63.5 Å². The molecule has 0 spiro atoms. The lowest BCUT2D eigenvalue weighted by Gasteiger charge is -2.40. The van der Waals surface area contributed by atoms with Crippen LogP contribution < -0.4 is 20.7 Å². The van der Waals surface area contributed by atoms with Crippen molar-refractivity contribution in [1.82, 2.24) is 10.6 Å². The largest absolute Gasteiger partial charge is 0.465 e. The van der Waals surface area contributed by atoms with Crippen molar-refractivity contribution < 1.29 is 54.8 Å². The first-order valence-electron chi connectivity index (χ1n) is 17.7. The van der Waals surface area contributed by atoms with Gasteiger partial charge in [-0.3, -0.25) is 4.79 Å². The molecule has 1 fully saturated rings. The number of aliphatic hydroxyl groups excluding tert-OH is 3. The van der Waals surface area contributed by atoms with E-state index in [2.05, 4.69) is 16.0 Å². The van der Waals surface area contributed by atoms with Crippen molar-refractivity contribution in [1.29, 1.82) is 0 Å². The topological polar surface area (TPSA) is 160 Å². The maximum Gasteiger partial charge on any atom is 0.225 e. The Labute approximate surface area is 255 Å². The van der Waals surface area contributed by atoms with Gasteiger partial charge in [-0.1, -0.05) is 6.92 Å². The lowest BCUT2D eigenvalue weighted by atomic mass is 9.92. The molecule has 1 aromatic carbocycles. The van der Waals surface area contributed by atoms with Crippen LogP contribution >= 0.6 is 0 Å². The average Bonchev–Trinajstić information content (AvgIpc) is 3.04. The van der Waals surface area contributed by atoms with Crippen LogP contribution in [0.4, 0.5) is 5.69 Å². The molecule has 0 radical (unpaired) electrons. The Morgan fingerprint density at radius 1 is 0.951 bits per heavy atom. The van der Waals surface area contributed by atoms with Gasteiger partial charge >= 0.3 is 0 Å². The van der Waals surface area contributed by atoms with Gasteiger partial charge in [0.1, 0.15) is 18.0 Å². The van der Waals surface area contributed by atoms with Gasteiger partial charge in [0.2, 0.25) is 12.2 Å². The van der Waals surface area contributed by atoms with Crippen molar-refractivity contribution >= 4 is 11.6 Å². The van der Waals surface area contributed by atoms with Crippen LogP contribution in [0, 0.1) is 5.92 Å². The van der Waals surface area contributed by atoms with Gasteiger partial charge in [-0.25, -0.2) is 0 Å². The summed E-state index contributed by atoms with van der Waals surface area (Å²) in [6.07, 6.45) is -9.27. The standard InChI is InChI=1S/C29H51N3O9/c1-22-27(35)28(36)25(21-33)41-29(22)40-24-9-7-23(8-10-24)32-26(34)11-14-31-13-4-6-16-38-18-20-39-19-17-37-15-5-3-12-30-2/h7-10,22,25,27-31,33,35-36H,3-6,11-21H2,1-2H3,(H,32,34)/i3D2,4D2,12D2,13D2. The van der Waals surface area contributed by atoms with Crippen LogP contribution in [-0.4, -0.2) is 119 Å². The number of nitrogens with one attached hydrogen (secondary N) is 3. The Morgan fingerprint density at radius 2 is 1.56 bits per heavy atom. The Morgan fingerprint density at radius 3 is 2.17 bits per heavy atom. The molecule has 12 nitrogen and oxygen atoms in total. The lowest BCUT2D eigenvalue weighted by Crippen LogP contribution is -2.56. The highest BCUT2D eigenvalue weighted by Gasteiger charge is 2.43. The zero-order chi connectivity index (χ0) is 36.9. The average molecular weight is 594 g/mol. The van der Waals surface area contributed by atoms with E-state index >= 15 is 0 Å². The van der Waals surface area contributed by atoms with Crippen molar-refractivity contribution in [2.24, 2.45) is 5.92 Å². The highest BCUT2D eigenvalue weighted by Crippen LogP contribution is 2.28. The molecule has 5 unspecified atom stereocenters. The van der Waals surface area contributed by atoms with Gasteiger partial charge in [-0.05, 0) is 69.9 Å². The number of ether oxygens (including phenoxy) is 5. The molecule has 12 heteroatoms. The van der Waals surface area contributed by atoms with Crippen molar-refractivity contribution in [3.63, 3.8) is 0 Å². The highest BCUT2D eigenvalue weighted by atomic mass is 16.7. The Kier molecular flexibility index (Phi) is 13.0. The number of carbonyl (C=O) groups excluding carboxylic acids is 1. The molecule has 41 heavy (non-hydrogen) atoms. The third kappa shape index (κ3) is 14.7. The molecule has 0 saturated carbocycles. The van der Waals surface area contributed by atoms with Gasteiger partial charge in [-0.15, -0.1) is 0 Å². The quantitative estimate of drug-likeness (QED) is 0.100. The minimum absolute atomic E-state index is 0.0133. The van der Waals surface area contributed by atoms with Crippen LogP contribution in [0.3, 0.4) is 0 Å². The van der Waals surface area contributed by atoms with E-state index in [0.717, 1.165) is 0 Å². The first-order valence-corrected chi connectivity index (χ1v) is 13.7. The van der Waals surface area contributed by atoms with E-state index in [1.807, 2.05) is 0 Å². The molecule has 2 rings (SSSR count). The van der Waals surface area contributed by atoms with Crippen LogP contribution in [0.1, 0.15) is 49.9 Å². The molecule has 0 bridgehead atoms. The number of anilines is 1. The fourth-order valence-electron chi connectivity index (χ4n) is 3.63. The highest BCUT2D eigenvalue weighted by molar-refractivity contribution is 5.90. The number of carbonyl (C=O) groups is 1. The predicted octanol–water partition coefficient (Wildman–Crippen LogP) is 0.888. The molecule has 1 aliphatic heterocycles. The van der Waals surface area contributed by atoms with Crippen molar-refractivity contribution in [3.05, 3.63) is 24.3 Å². The van der Waals surface area contributed by atoms with Gasteiger partial charge in [0.15, 0.2) is 0 Å². The van der Waals surface area contributed by atoms with Gasteiger partial charge in [0.05, 0.1) is 39.1 Å². The second kappa shape index (κ2) is 21.8. The summed E-state index contributed by atoms with van der Waals surface area (Å²) in [4.78, 5) is 12.4. The lowest BCUT2D eigenvalue weighted by molar-refractivity contribution is -0.256. The minimum Gasteiger partial charge on any atom is -0.465 e. The van der Waals surface area contributed by atoms with Crippen LogP contribution in [0.5, 0.6) is 5.75 Å². The molecule has 1 aromatic rings. The van der Waals surface area contributed by atoms with Crippen LogP contribution in [0.25, 0.3) is 0 Å². The Balaban J connectivity index is 1.61. The molecule has 1 amide bonds. The summed E-state index contributed by atoms with van der Waals surface area (Å²) in [6, 6.07) is 6.26. The minimum atomic E-state index is -2.46. The van der Waals surface area contributed by atoms with Gasteiger partial charge in [0, 0.05) is 48.8 Å². The van der Waals surface area contributed by atoms with E-state index in [0.29, 0.717) is 11.4 Å². The number of aliphatic hydroxyl groups is 3. The van der Waals surface area contributed by atoms with E-state index in [9.17, 15) is 20.1 Å². The second-order valence-electron chi connectivity index (χ2n) is 9.12. The summed E-state index contributed by atoms with van der Waals surface area (Å²) in [5, 5.41) is 37.0. The molecule has 1 aliphatic rings. The summed E-state index contributed by atoms with van der Waals surface area (Å²) in [7, 11) is 1.34. The van der Waals surface area contributed by atoms with E-state index in [4.69, 9.17) is 34.7 Å². The molecule has 0 aromatic heterocycles. The van der Waals surface area contributed by atoms with E-state index < -0.39 is 68.8 Å². The Hall–Kier alpha value is -1.87. The third-order valence-electron chi connectivity index (χ3n) is 5.93. The molecule has 5 atom stereocenters.